The molecule has 1 aromatic heterocycles. The molecule has 3 rings (SSSR count). The number of halogens is 1. The predicted molar refractivity (Wildman–Crippen MR) is 60.4 cm³/mol. The van der Waals surface area contributed by atoms with E-state index in [-0.39, 0.29) is 18.4 Å². The second-order valence-electron chi connectivity index (χ2n) is 4.06. The van der Waals surface area contributed by atoms with E-state index < -0.39 is 5.82 Å². The maximum absolute atomic E-state index is 13.3. The van der Waals surface area contributed by atoms with Gasteiger partial charge in [-0.05, 0) is 25.1 Å². The molecule has 1 N–H and O–H groups in total. The Balaban J connectivity index is 1.63. The average molecular weight is 249 g/mol. The normalized spacial score (nSPS) is 18.4. The van der Waals surface area contributed by atoms with Crippen LogP contribution in [0.2, 0.25) is 0 Å². The highest BCUT2D eigenvalue weighted by molar-refractivity contribution is 5.23. The lowest BCUT2D eigenvalue weighted by molar-refractivity contribution is 0.260. The van der Waals surface area contributed by atoms with Crippen LogP contribution in [0.25, 0.3) is 0 Å². The van der Waals surface area contributed by atoms with Crippen molar-refractivity contribution in [3.63, 3.8) is 0 Å². The highest BCUT2D eigenvalue weighted by Crippen LogP contribution is 2.21. The summed E-state index contributed by atoms with van der Waals surface area (Å²) in [6.07, 6.45) is 0.996. The van der Waals surface area contributed by atoms with Crippen LogP contribution in [0.15, 0.2) is 28.8 Å². The zero-order chi connectivity index (χ0) is 12.4. The summed E-state index contributed by atoms with van der Waals surface area (Å²) in [7, 11) is 0. The van der Waals surface area contributed by atoms with Crippen LogP contribution < -0.4 is 10.1 Å². The summed E-state index contributed by atoms with van der Waals surface area (Å²) >= 11 is 0. The molecule has 1 aromatic carbocycles. The Labute approximate surface area is 103 Å². The van der Waals surface area contributed by atoms with Crippen LogP contribution in [-0.4, -0.2) is 16.7 Å². The second kappa shape index (κ2) is 4.73. The number of nitrogens with one attached hydrogen (secondary N) is 1. The topological polar surface area (TPSA) is 60.2 Å². The van der Waals surface area contributed by atoms with Crippen LogP contribution in [0.3, 0.4) is 0 Å². The standard InChI is InChI=1S/C12H12FN3O2/c13-8-3-1-2-4-10(8)17-7-11-15-12(18-16-11)9-5-6-14-9/h1-4,9,14H,5-7H2/t9-/m1/s1. The third-order valence-electron chi connectivity index (χ3n) is 2.80. The first-order valence-corrected chi connectivity index (χ1v) is 5.76. The van der Waals surface area contributed by atoms with Crippen LogP contribution in [0.4, 0.5) is 4.39 Å². The fourth-order valence-electron chi connectivity index (χ4n) is 1.67. The van der Waals surface area contributed by atoms with Crippen molar-refractivity contribution in [2.24, 2.45) is 0 Å². The van der Waals surface area contributed by atoms with Crippen molar-refractivity contribution in [1.82, 2.24) is 15.5 Å². The third-order valence-corrected chi connectivity index (χ3v) is 2.80. The summed E-state index contributed by atoms with van der Waals surface area (Å²) in [4.78, 5) is 4.19. The molecular weight excluding hydrogens is 237 g/mol. The van der Waals surface area contributed by atoms with Gasteiger partial charge in [-0.1, -0.05) is 17.3 Å². The van der Waals surface area contributed by atoms with Crippen molar-refractivity contribution < 1.29 is 13.7 Å². The number of hydrogen-bond donors (Lipinski definition) is 1. The van der Waals surface area contributed by atoms with Crippen molar-refractivity contribution in [2.45, 2.75) is 19.1 Å². The van der Waals surface area contributed by atoms with Gasteiger partial charge in [0.2, 0.25) is 11.7 Å². The lowest BCUT2D eigenvalue weighted by Crippen LogP contribution is -2.35. The minimum absolute atomic E-state index is 0.0944. The van der Waals surface area contributed by atoms with Crippen LogP contribution in [-0.2, 0) is 6.61 Å². The van der Waals surface area contributed by atoms with Gasteiger partial charge in [-0.15, -0.1) is 0 Å². The van der Waals surface area contributed by atoms with Crippen LogP contribution >= 0.6 is 0 Å². The Morgan fingerprint density at radius 2 is 2.28 bits per heavy atom. The summed E-state index contributed by atoms with van der Waals surface area (Å²) < 4.78 is 23.7. The van der Waals surface area contributed by atoms with Crippen molar-refractivity contribution in [2.75, 3.05) is 6.54 Å². The molecule has 2 aromatic rings. The Morgan fingerprint density at radius 1 is 1.44 bits per heavy atom. The van der Waals surface area contributed by atoms with Crippen LogP contribution in [0.1, 0.15) is 24.2 Å². The van der Waals surface area contributed by atoms with Crippen LogP contribution in [0.5, 0.6) is 5.75 Å². The monoisotopic (exact) mass is 249 g/mol. The fourth-order valence-corrected chi connectivity index (χ4v) is 1.67. The van der Waals surface area contributed by atoms with Gasteiger partial charge in [-0.3, -0.25) is 0 Å². The number of hydrogen-bond acceptors (Lipinski definition) is 5. The number of aromatic nitrogens is 2. The van der Waals surface area contributed by atoms with Crippen molar-refractivity contribution in [3.05, 3.63) is 41.8 Å². The van der Waals surface area contributed by atoms with E-state index in [9.17, 15) is 4.39 Å². The molecule has 0 unspecified atom stereocenters. The quantitative estimate of drug-likeness (QED) is 0.895. The second-order valence-corrected chi connectivity index (χ2v) is 4.06. The lowest BCUT2D eigenvalue weighted by atomic mass is 10.1. The molecule has 1 aliphatic heterocycles. The molecule has 1 fully saturated rings. The summed E-state index contributed by atoms with van der Waals surface area (Å²) in [5.74, 6) is 0.767. The van der Waals surface area contributed by atoms with Gasteiger partial charge < -0.3 is 14.6 Å². The average Bonchev–Trinajstić information content (AvgIpc) is 2.74. The molecule has 5 nitrogen and oxygen atoms in total. The molecule has 1 aliphatic rings. The summed E-state index contributed by atoms with van der Waals surface area (Å²) in [5.41, 5.74) is 0. The highest BCUT2D eigenvalue weighted by Gasteiger charge is 2.24. The summed E-state index contributed by atoms with van der Waals surface area (Å²) in [6, 6.07) is 6.37. The molecule has 0 spiro atoms. The Kier molecular flexibility index (Phi) is 2.93. The maximum atomic E-state index is 13.3. The van der Waals surface area contributed by atoms with E-state index in [0.717, 1.165) is 13.0 Å². The van der Waals surface area contributed by atoms with Crippen molar-refractivity contribution in [1.29, 1.82) is 0 Å². The predicted octanol–water partition coefficient (Wildman–Crippen LogP) is 1.82. The molecule has 6 heteroatoms. The zero-order valence-electron chi connectivity index (χ0n) is 9.60. The highest BCUT2D eigenvalue weighted by atomic mass is 19.1. The van der Waals surface area contributed by atoms with Gasteiger partial charge in [0.1, 0.15) is 0 Å². The summed E-state index contributed by atoms with van der Waals surface area (Å²) in [5, 5.41) is 6.95. The molecule has 0 saturated carbocycles. The summed E-state index contributed by atoms with van der Waals surface area (Å²) in [6.45, 7) is 1.06. The van der Waals surface area contributed by atoms with Gasteiger partial charge in [-0.25, -0.2) is 4.39 Å². The smallest absolute Gasteiger partial charge is 0.243 e. The minimum atomic E-state index is -0.401. The fraction of sp³-hybridized carbons (Fsp3) is 0.333. The van der Waals surface area contributed by atoms with Gasteiger partial charge in [0, 0.05) is 0 Å². The molecule has 18 heavy (non-hydrogen) atoms. The first-order valence-electron chi connectivity index (χ1n) is 5.76. The van der Waals surface area contributed by atoms with E-state index in [1.807, 2.05) is 0 Å². The molecule has 1 atom stereocenters. The SMILES string of the molecule is Fc1ccccc1OCc1noc([C@H]2CCN2)n1. The maximum Gasteiger partial charge on any atom is 0.243 e. The van der Waals surface area contributed by atoms with E-state index in [1.54, 1.807) is 18.2 Å². The first-order chi connectivity index (χ1) is 8.83. The van der Waals surface area contributed by atoms with E-state index in [2.05, 4.69) is 15.5 Å². The van der Waals surface area contributed by atoms with E-state index in [0.29, 0.717) is 11.7 Å². The Bertz CT molecular complexity index is 540. The minimum Gasteiger partial charge on any atom is -0.482 e. The molecular formula is C12H12FN3O2. The van der Waals surface area contributed by atoms with Gasteiger partial charge in [0.05, 0.1) is 6.04 Å². The van der Waals surface area contributed by atoms with Crippen molar-refractivity contribution >= 4 is 0 Å². The van der Waals surface area contributed by atoms with Gasteiger partial charge in [0.25, 0.3) is 0 Å². The first kappa shape index (κ1) is 11.2. The number of rotatable bonds is 4. The number of benzene rings is 1. The molecule has 0 amide bonds. The number of para-hydroxylation sites is 1. The van der Waals surface area contributed by atoms with Gasteiger partial charge >= 0.3 is 0 Å². The van der Waals surface area contributed by atoms with Gasteiger partial charge in [-0.2, -0.15) is 4.98 Å². The third kappa shape index (κ3) is 2.19. The number of nitrogens with zero attached hydrogens (tertiary/aromatic N) is 2. The molecule has 94 valence electrons. The lowest BCUT2D eigenvalue weighted by Gasteiger charge is -2.23. The molecule has 0 radical (unpaired) electrons. The van der Waals surface area contributed by atoms with E-state index in [4.69, 9.17) is 9.26 Å². The zero-order valence-corrected chi connectivity index (χ0v) is 9.60. The van der Waals surface area contributed by atoms with Crippen LogP contribution in [0, 0.1) is 5.82 Å². The Morgan fingerprint density at radius 3 is 3.00 bits per heavy atom. The van der Waals surface area contributed by atoms with Gasteiger partial charge in [0.15, 0.2) is 18.2 Å². The van der Waals surface area contributed by atoms with E-state index in [1.165, 1.54) is 6.07 Å². The van der Waals surface area contributed by atoms with Crippen molar-refractivity contribution in [3.8, 4) is 5.75 Å². The molecule has 0 bridgehead atoms. The molecule has 0 aliphatic carbocycles. The molecule has 1 saturated heterocycles. The largest absolute Gasteiger partial charge is 0.482 e. The Hall–Kier alpha value is -1.95. The molecule has 2 heterocycles. The van der Waals surface area contributed by atoms with E-state index >= 15 is 0 Å². The number of ether oxygens (including phenoxy) is 1.